The van der Waals surface area contributed by atoms with E-state index in [0.717, 1.165) is 43.9 Å². The van der Waals surface area contributed by atoms with Crippen LogP contribution in [0.25, 0.3) is 0 Å². The first-order valence-corrected chi connectivity index (χ1v) is 8.19. The van der Waals surface area contributed by atoms with Crippen molar-refractivity contribution in [3.8, 4) is 11.5 Å². The fraction of sp³-hybridized carbons (Fsp3) is 0.400. The summed E-state index contributed by atoms with van der Waals surface area (Å²) < 4.78 is 10.8. The molecule has 3 heteroatoms. The predicted octanol–water partition coefficient (Wildman–Crippen LogP) is 3.48. The first-order valence-electron chi connectivity index (χ1n) is 8.19. The van der Waals surface area contributed by atoms with Crippen LogP contribution in [0, 0.1) is 0 Å². The summed E-state index contributed by atoms with van der Waals surface area (Å²) in [5, 5.41) is 0. The van der Waals surface area contributed by atoms with Crippen LogP contribution >= 0.6 is 0 Å². The minimum absolute atomic E-state index is 0.941. The molecule has 0 atom stereocenters. The average Bonchev–Trinajstić information content (AvgIpc) is 2.58. The lowest BCUT2D eigenvalue weighted by Gasteiger charge is -2.23. The number of fused-ring (bicyclic) bond motifs is 2. The molecule has 1 heterocycles. The average molecular weight is 311 g/mol. The zero-order chi connectivity index (χ0) is 16.2. The molecule has 0 unspecified atom stereocenters. The van der Waals surface area contributed by atoms with Crippen molar-refractivity contribution in [3.05, 3.63) is 58.7 Å². The van der Waals surface area contributed by atoms with Gasteiger partial charge in [-0.25, -0.2) is 0 Å². The summed E-state index contributed by atoms with van der Waals surface area (Å²) in [6, 6.07) is 12.9. The molecule has 0 N–H and O–H groups in total. The van der Waals surface area contributed by atoms with Gasteiger partial charge in [0.2, 0.25) is 0 Å². The highest BCUT2D eigenvalue weighted by Crippen LogP contribution is 2.25. The Hall–Kier alpha value is -2.00. The molecule has 23 heavy (non-hydrogen) atoms. The molecular weight excluding hydrogens is 286 g/mol. The monoisotopic (exact) mass is 311 g/mol. The Bertz CT molecular complexity index is 681. The molecule has 1 aliphatic heterocycles. The Morgan fingerprint density at radius 1 is 0.739 bits per heavy atom. The standard InChI is InChI=1S/C20H25NO2/c1-21-11-10-16-7-9-19(22-2)12-17(16)5-4-15-6-8-20(23-3)13-18(15)14-21/h6-9,12-13H,4-5,10-11,14H2,1-3H3. The molecule has 0 fully saturated rings. The van der Waals surface area contributed by atoms with Gasteiger partial charge in [0.25, 0.3) is 0 Å². The first-order chi connectivity index (χ1) is 11.2. The Balaban J connectivity index is 1.94. The Kier molecular flexibility index (Phi) is 4.87. The number of likely N-dealkylation sites (N-methyl/N-ethyl adjacent to an activating group) is 1. The van der Waals surface area contributed by atoms with Gasteiger partial charge in [-0.1, -0.05) is 12.1 Å². The van der Waals surface area contributed by atoms with Gasteiger partial charge in [0.1, 0.15) is 11.5 Å². The SMILES string of the molecule is COc1ccc2c(c1)CCc1ccc(OC)cc1CN(C)CC2. The van der Waals surface area contributed by atoms with Gasteiger partial charge in [0, 0.05) is 13.1 Å². The zero-order valence-electron chi connectivity index (χ0n) is 14.3. The maximum Gasteiger partial charge on any atom is 0.119 e. The minimum Gasteiger partial charge on any atom is -0.497 e. The first kappa shape index (κ1) is 15.9. The highest BCUT2D eigenvalue weighted by molar-refractivity contribution is 5.39. The lowest BCUT2D eigenvalue weighted by molar-refractivity contribution is 0.327. The minimum atomic E-state index is 0.941. The van der Waals surface area contributed by atoms with Crippen molar-refractivity contribution in [2.45, 2.75) is 25.8 Å². The van der Waals surface area contributed by atoms with E-state index in [4.69, 9.17) is 9.47 Å². The van der Waals surface area contributed by atoms with Crippen LogP contribution in [0.3, 0.4) is 0 Å². The second kappa shape index (κ2) is 7.05. The number of ether oxygens (including phenoxy) is 2. The third-order valence-corrected chi connectivity index (χ3v) is 4.69. The Morgan fingerprint density at radius 3 is 1.96 bits per heavy atom. The van der Waals surface area contributed by atoms with Gasteiger partial charge < -0.3 is 14.4 Å². The summed E-state index contributed by atoms with van der Waals surface area (Å²) in [4.78, 5) is 2.39. The molecule has 0 saturated heterocycles. The number of methoxy groups -OCH3 is 2. The zero-order valence-corrected chi connectivity index (χ0v) is 14.3. The van der Waals surface area contributed by atoms with Crippen molar-refractivity contribution in [3.63, 3.8) is 0 Å². The third-order valence-electron chi connectivity index (χ3n) is 4.69. The van der Waals surface area contributed by atoms with E-state index in [0.29, 0.717) is 0 Å². The lowest BCUT2D eigenvalue weighted by Crippen LogP contribution is -2.23. The van der Waals surface area contributed by atoms with Crippen molar-refractivity contribution in [2.24, 2.45) is 0 Å². The van der Waals surface area contributed by atoms with Gasteiger partial charge in [-0.05, 0) is 72.8 Å². The predicted molar refractivity (Wildman–Crippen MR) is 93.4 cm³/mol. The highest BCUT2D eigenvalue weighted by Gasteiger charge is 2.13. The summed E-state index contributed by atoms with van der Waals surface area (Å²) >= 11 is 0. The lowest BCUT2D eigenvalue weighted by atomic mass is 9.94. The molecule has 0 bridgehead atoms. The van der Waals surface area contributed by atoms with E-state index in [9.17, 15) is 0 Å². The van der Waals surface area contributed by atoms with E-state index >= 15 is 0 Å². The summed E-state index contributed by atoms with van der Waals surface area (Å²) in [6.07, 6.45) is 3.18. The van der Waals surface area contributed by atoms with Crippen molar-refractivity contribution < 1.29 is 9.47 Å². The van der Waals surface area contributed by atoms with Crippen LogP contribution in [-0.2, 0) is 25.8 Å². The molecule has 0 aromatic heterocycles. The van der Waals surface area contributed by atoms with Gasteiger partial charge in [-0.15, -0.1) is 0 Å². The fourth-order valence-electron chi connectivity index (χ4n) is 3.28. The van der Waals surface area contributed by atoms with E-state index in [-0.39, 0.29) is 0 Å². The highest BCUT2D eigenvalue weighted by atomic mass is 16.5. The van der Waals surface area contributed by atoms with E-state index in [1.54, 1.807) is 14.2 Å². The topological polar surface area (TPSA) is 21.7 Å². The normalized spacial score (nSPS) is 15.4. The van der Waals surface area contributed by atoms with E-state index < -0.39 is 0 Å². The summed E-state index contributed by atoms with van der Waals surface area (Å²) in [6.45, 7) is 2.02. The number of hydrogen-bond donors (Lipinski definition) is 0. The van der Waals surface area contributed by atoms with E-state index in [1.165, 1.54) is 22.3 Å². The van der Waals surface area contributed by atoms with Crippen LogP contribution in [0.5, 0.6) is 11.5 Å². The molecule has 3 rings (SSSR count). The van der Waals surface area contributed by atoms with Crippen LogP contribution in [0.15, 0.2) is 36.4 Å². The molecule has 0 amide bonds. The van der Waals surface area contributed by atoms with Crippen LogP contribution < -0.4 is 9.47 Å². The summed E-state index contributed by atoms with van der Waals surface area (Å²) in [5.41, 5.74) is 5.63. The van der Waals surface area contributed by atoms with Gasteiger partial charge >= 0.3 is 0 Å². The largest absolute Gasteiger partial charge is 0.497 e. The second-order valence-electron chi connectivity index (χ2n) is 6.26. The molecule has 0 radical (unpaired) electrons. The van der Waals surface area contributed by atoms with Crippen molar-refractivity contribution in [1.29, 1.82) is 0 Å². The third kappa shape index (κ3) is 3.67. The molecule has 2 aromatic rings. The van der Waals surface area contributed by atoms with Crippen molar-refractivity contribution >= 4 is 0 Å². The van der Waals surface area contributed by atoms with Gasteiger partial charge in [-0.2, -0.15) is 0 Å². The molecule has 122 valence electrons. The van der Waals surface area contributed by atoms with Crippen molar-refractivity contribution in [1.82, 2.24) is 4.90 Å². The number of benzene rings is 2. The van der Waals surface area contributed by atoms with E-state index in [1.807, 2.05) is 0 Å². The van der Waals surface area contributed by atoms with Crippen molar-refractivity contribution in [2.75, 3.05) is 27.8 Å². The Morgan fingerprint density at radius 2 is 1.30 bits per heavy atom. The van der Waals surface area contributed by atoms with E-state index in [2.05, 4.69) is 48.3 Å². The smallest absolute Gasteiger partial charge is 0.119 e. The number of rotatable bonds is 2. The molecule has 3 nitrogen and oxygen atoms in total. The van der Waals surface area contributed by atoms with Gasteiger partial charge in [-0.3, -0.25) is 0 Å². The molecular formula is C20H25NO2. The van der Waals surface area contributed by atoms with Crippen LogP contribution in [0.1, 0.15) is 22.3 Å². The van der Waals surface area contributed by atoms with Gasteiger partial charge in [0.05, 0.1) is 14.2 Å². The van der Waals surface area contributed by atoms with Crippen LogP contribution in [-0.4, -0.2) is 32.7 Å². The number of nitrogens with zero attached hydrogens (tertiary/aromatic N) is 1. The maximum atomic E-state index is 5.40. The summed E-state index contributed by atoms with van der Waals surface area (Å²) in [5.74, 6) is 1.89. The van der Waals surface area contributed by atoms with Crippen LogP contribution in [0.2, 0.25) is 0 Å². The molecule has 0 aliphatic carbocycles. The quantitative estimate of drug-likeness (QED) is 0.847. The molecule has 2 aromatic carbocycles. The molecule has 0 spiro atoms. The summed E-state index contributed by atoms with van der Waals surface area (Å²) in [7, 11) is 5.65. The molecule has 0 saturated carbocycles. The van der Waals surface area contributed by atoms with Crippen LogP contribution in [0.4, 0.5) is 0 Å². The number of hydrogen-bond acceptors (Lipinski definition) is 3. The Labute approximate surface area is 138 Å². The number of aryl methyl sites for hydroxylation is 2. The molecule has 1 aliphatic rings. The van der Waals surface area contributed by atoms with Gasteiger partial charge in [0.15, 0.2) is 0 Å². The second-order valence-corrected chi connectivity index (χ2v) is 6.26. The fourth-order valence-corrected chi connectivity index (χ4v) is 3.28. The maximum absolute atomic E-state index is 5.40.